The van der Waals surface area contributed by atoms with E-state index in [1.165, 1.54) is 0 Å². The standard InChI is InChI=1S/C11H14N6.HI/c1-13-11(12)16-7-9-2-3-10(15-6-9)17-5-4-14-8-17;/h2-6,8H,7H2,1H3,(H3,12,13,16);1H. The number of aromatic nitrogens is 3. The molecule has 96 valence electrons. The Balaban J connectivity index is 0.00000162. The quantitative estimate of drug-likeness (QED) is 0.486. The molecule has 0 aliphatic heterocycles. The summed E-state index contributed by atoms with van der Waals surface area (Å²) in [6, 6.07) is 3.91. The fraction of sp³-hybridized carbons (Fsp3) is 0.182. The summed E-state index contributed by atoms with van der Waals surface area (Å²) in [4.78, 5) is 12.1. The zero-order chi connectivity index (χ0) is 12.1. The SMILES string of the molecule is CN=C(N)NCc1ccc(-n2ccnc2)nc1.I. The molecule has 0 aromatic carbocycles. The number of imidazole rings is 1. The Morgan fingerprint density at radius 3 is 2.89 bits per heavy atom. The fourth-order valence-electron chi connectivity index (χ4n) is 1.34. The van der Waals surface area contributed by atoms with Gasteiger partial charge in [-0.3, -0.25) is 9.56 Å². The Morgan fingerprint density at radius 2 is 2.33 bits per heavy atom. The molecule has 2 heterocycles. The van der Waals surface area contributed by atoms with Gasteiger partial charge < -0.3 is 11.1 Å². The van der Waals surface area contributed by atoms with Crippen molar-refractivity contribution in [2.75, 3.05) is 7.05 Å². The van der Waals surface area contributed by atoms with Gasteiger partial charge in [0.1, 0.15) is 12.1 Å². The van der Waals surface area contributed by atoms with Crippen LogP contribution in [0.2, 0.25) is 0 Å². The second kappa shape index (κ2) is 6.94. The third-order valence-electron chi connectivity index (χ3n) is 2.29. The zero-order valence-electron chi connectivity index (χ0n) is 9.95. The Morgan fingerprint density at radius 1 is 1.50 bits per heavy atom. The maximum Gasteiger partial charge on any atom is 0.188 e. The molecule has 0 radical (unpaired) electrons. The second-order valence-corrected chi connectivity index (χ2v) is 3.46. The first-order chi connectivity index (χ1) is 8.29. The van der Waals surface area contributed by atoms with Crippen molar-refractivity contribution in [2.45, 2.75) is 6.54 Å². The Kier molecular flexibility index (Phi) is 5.56. The van der Waals surface area contributed by atoms with Crippen LogP contribution in [0, 0.1) is 0 Å². The van der Waals surface area contributed by atoms with E-state index in [-0.39, 0.29) is 24.0 Å². The van der Waals surface area contributed by atoms with Gasteiger partial charge in [-0.05, 0) is 11.6 Å². The first kappa shape index (κ1) is 14.4. The van der Waals surface area contributed by atoms with Gasteiger partial charge in [-0.1, -0.05) is 6.07 Å². The number of aliphatic imine (C=N–C) groups is 1. The average molecular weight is 358 g/mol. The molecule has 6 nitrogen and oxygen atoms in total. The monoisotopic (exact) mass is 358 g/mol. The van der Waals surface area contributed by atoms with E-state index in [2.05, 4.69) is 20.3 Å². The highest BCUT2D eigenvalue weighted by molar-refractivity contribution is 14.0. The minimum Gasteiger partial charge on any atom is -0.370 e. The predicted molar refractivity (Wildman–Crippen MR) is 81.2 cm³/mol. The highest BCUT2D eigenvalue weighted by Crippen LogP contribution is 2.04. The summed E-state index contributed by atoms with van der Waals surface area (Å²) in [6.45, 7) is 0.611. The van der Waals surface area contributed by atoms with Crippen molar-refractivity contribution in [1.82, 2.24) is 19.9 Å². The van der Waals surface area contributed by atoms with E-state index in [9.17, 15) is 0 Å². The lowest BCUT2D eigenvalue weighted by atomic mass is 10.3. The summed E-state index contributed by atoms with van der Waals surface area (Å²) in [5.74, 6) is 1.26. The van der Waals surface area contributed by atoms with E-state index >= 15 is 0 Å². The number of halogens is 1. The van der Waals surface area contributed by atoms with E-state index in [4.69, 9.17) is 5.73 Å². The van der Waals surface area contributed by atoms with Gasteiger partial charge in [0.25, 0.3) is 0 Å². The summed E-state index contributed by atoms with van der Waals surface area (Å²) in [7, 11) is 1.64. The summed E-state index contributed by atoms with van der Waals surface area (Å²) in [5, 5.41) is 2.97. The summed E-state index contributed by atoms with van der Waals surface area (Å²) < 4.78 is 1.85. The summed E-state index contributed by atoms with van der Waals surface area (Å²) >= 11 is 0. The molecule has 0 aliphatic carbocycles. The van der Waals surface area contributed by atoms with Crippen molar-refractivity contribution in [2.24, 2.45) is 10.7 Å². The molecule has 0 bridgehead atoms. The molecule has 0 unspecified atom stereocenters. The van der Waals surface area contributed by atoms with Gasteiger partial charge in [-0.2, -0.15) is 0 Å². The van der Waals surface area contributed by atoms with Crippen molar-refractivity contribution in [1.29, 1.82) is 0 Å². The summed E-state index contributed by atoms with van der Waals surface area (Å²) in [6.07, 6.45) is 7.07. The lowest BCUT2D eigenvalue weighted by Gasteiger charge is -2.05. The molecule has 0 atom stereocenters. The molecular formula is C11H15IN6. The number of nitrogens with zero attached hydrogens (tertiary/aromatic N) is 4. The Labute approximate surface area is 122 Å². The smallest absolute Gasteiger partial charge is 0.188 e. The molecule has 0 fully saturated rings. The molecule has 2 rings (SSSR count). The molecule has 0 spiro atoms. The van der Waals surface area contributed by atoms with Gasteiger partial charge in [-0.25, -0.2) is 9.97 Å². The van der Waals surface area contributed by atoms with E-state index in [1.54, 1.807) is 25.8 Å². The second-order valence-electron chi connectivity index (χ2n) is 3.46. The van der Waals surface area contributed by atoms with Crippen LogP contribution in [0.25, 0.3) is 5.82 Å². The molecule has 3 N–H and O–H groups in total. The molecule has 18 heavy (non-hydrogen) atoms. The van der Waals surface area contributed by atoms with Gasteiger partial charge in [-0.15, -0.1) is 24.0 Å². The van der Waals surface area contributed by atoms with Crippen LogP contribution in [0.4, 0.5) is 0 Å². The van der Waals surface area contributed by atoms with Crippen molar-refractivity contribution >= 4 is 29.9 Å². The molecule has 0 saturated heterocycles. The lowest BCUT2D eigenvalue weighted by Crippen LogP contribution is -2.30. The highest BCUT2D eigenvalue weighted by Gasteiger charge is 1.98. The van der Waals surface area contributed by atoms with Gasteiger partial charge in [0.05, 0.1) is 0 Å². The largest absolute Gasteiger partial charge is 0.370 e. The fourth-order valence-corrected chi connectivity index (χ4v) is 1.34. The minimum absolute atomic E-state index is 0. The zero-order valence-corrected chi connectivity index (χ0v) is 12.3. The first-order valence-electron chi connectivity index (χ1n) is 5.19. The summed E-state index contributed by atoms with van der Waals surface area (Å²) in [5.41, 5.74) is 6.58. The van der Waals surface area contributed by atoms with E-state index in [0.717, 1.165) is 11.4 Å². The maximum atomic E-state index is 5.53. The Hall–Kier alpha value is -1.64. The van der Waals surface area contributed by atoms with Crippen LogP contribution in [0.1, 0.15) is 5.56 Å². The van der Waals surface area contributed by atoms with Crippen LogP contribution >= 0.6 is 24.0 Å². The molecule has 0 saturated carbocycles. The number of hydrogen-bond donors (Lipinski definition) is 2. The van der Waals surface area contributed by atoms with Crippen molar-refractivity contribution in [3.05, 3.63) is 42.6 Å². The van der Waals surface area contributed by atoms with E-state index < -0.39 is 0 Å². The van der Waals surface area contributed by atoms with Crippen molar-refractivity contribution in [3.63, 3.8) is 0 Å². The van der Waals surface area contributed by atoms with Crippen LogP contribution in [0.3, 0.4) is 0 Å². The molecule has 0 amide bonds. The predicted octanol–water partition coefficient (Wildman–Crippen LogP) is 0.919. The number of hydrogen-bond acceptors (Lipinski definition) is 3. The lowest BCUT2D eigenvalue weighted by molar-refractivity contribution is 0.885. The normalized spacial score (nSPS) is 10.8. The van der Waals surface area contributed by atoms with Crippen LogP contribution in [-0.4, -0.2) is 27.5 Å². The van der Waals surface area contributed by atoms with E-state index in [0.29, 0.717) is 12.5 Å². The van der Waals surface area contributed by atoms with Crippen LogP contribution in [-0.2, 0) is 6.54 Å². The third-order valence-corrected chi connectivity index (χ3v) is 2.29. The van der Waals surface area contributed by atoms with Crippen LogP contribution in [0.5, 0.6) is 0 Å². The van der Waals surface area contributed by atoms with Crippen molar-refractivity contribution in [3.8, 4) is 5.82 Å². The Bertz CT molecular complexity index is 491. The van der Waals surface area contributed by atoms with Gasteiger partial charge in [0, 0.05) is 32.2 Å². The van der Waals surface area contributed by atoms with Crippen LogP contribution < -0.4 is 11.1 Å². The molecule has 0 aliphatic rings. The maximum absolute atomic E-state index is 5.53. The number of guanidine groups is 1. The van der Waals surface area contributed by atoms with Crippen molar-refractivity contribution < 1.29 is 0 Å². The molecule has 2 aromatic heterocycles. The van der Waals surface area contributed by atoms with E-state index in [1.807, 2.05) is 22.9 Å². The average Bonchev–Trinajstić information content (AvgIpc) is 2.90. The number of pyridine rings is 1. The third kappa shape index (κ3) is 3.69. The molecule has 2 aromatic rings. The molecular weight excluding hydrogens is 343 g/mol. The van der Waals surface area contributed by atoms with Gasteiger partial charge >= 0.3 is 0 Å². The first-order valence-corrected chi connectivity index (χ1v) is 5.19. The number of nitrogens with one attached hydrogen (secondary N) is 1. The topological polar surface area (TPSA) is 81.1 Å². The number of rotatable bonds is 3. The van der Waals surface area contributed by atoms with Gasteiger partial charge in [0.2, 0.25) is 0 Å². The van der Waals surface area contributed by atoms with Crippen LogP contribution in [0.15, 0.2) is 42.0 Å². The minimum atomic E-state index is 0. The number of nitrogens with two attached hydrogens (primary N) is 1. The molecule has 7 heteroatoms. The highest BCUT2D eigenvalue weighted by atomic mass is 127. The van der Waals surface area contributed by atoms with Gasteiger partial charge in [0.15, 0.2) is 5.96 Å².